The van der Waals surface area contributed by atoms with Crippen LogP contribution in [-0.2, 0) is 0 Å². The summed E-state index contributed by atoms with van der Waals surface area (Å²) in [5, 5.41) is 4.52. The van der Waals surface area contributed by atoms with Crippen LogP contribution in [0.25, 0.3) is 0 Å². The summed E-state index contributed by atoms with van der Waals surface area (Å²) in [7, 11) is 0. The van der Waals surface area contributed by atoms with Crippen molar-refractivity contribution in [3.63, 3.8) is 0 Å². The summed E-state index contributed by atoms with van der Waals surface area (Å²) in [6.45, 7) is 4.62. The van der Waals surface area contributed by atoms with Gasteiger partial charge in [0.1, 0.15) is 11.0 Å². The van der Waals surface area contributed by atoms with E-state index in [1.54, 1.807) is 6.07 Å². The van der Waals surface area contributed by atoms with Gasteiger partial charge in [0, 0.05) is 12.6 Å². The van der Waals surface area contributed by atoms with E-state index in [4.69, 9.17) is 11.6 Å². The highest BCUT2D eigenvalue weighted by molar-refractivity contribution is 7.98. The monoisotopic (exact) mass is 286 g/mol. The Morgan fingerprint density at radius 2 is 2.17 bits per heavy atom. The van der Waals surface area contributed by atoms with Crippen molar-refractivity contribution < 1.29 is 0 Å². The standard InChI is InChI=1S/C12H19ClN4S/c1-18-12-15-10(13)9-11(16-12)14-5-4-8-17-6-2-3-7-17/h9H,2-8H2,1H3,(H,14,15,16). The molecule has 4 nitrogen and oxygen atoms in total. The normalized spacial score (nSPS) is 16.1. The summed E-state index contributed by atoms with van der Waals surface area (Å²) in [6, 6.07) is 1.77. The van der Waals surface area contributed by atoms with E-state index in [0.717, 1.165) is 18.8 Å². The first-order chi connectivity index (χ1) is 8.78. The molecule has 0 amide bonds. The molecule has 0 unspecified atom stereocenters. The first-order valence-corrected chi connectivity index (χ1v) is 7.93. The molecule has 1 N–H and O–H groups in total. The predicted octanol–water partition coefficient (Wildman–Crippen LogP) is 2.75. The highest BCUT2D eigenvalue weighted by Crippen LogP contribution is 2.17. The van der Waals surface area contributed by atoms with E-state index in [-0.39, 0.29) is 0 Å². The summed E-state index contributed by atoms with van der Waals surface area (Å²) in [5.74, 6) is 0.820. The molecule has 2 heterocycles. The minimum Gasteiger partial charge on any atom is -0.370 e. The first kappa shape index (κ1) is 13.9. The maximum absolute atomic E-state index is 5.93. The number of nitrogens with one attached hydrogen (secondary N) is 1. The number of aromatic nitrogens is 2. The molecule has 1 aliphatic heterocycles. The summed E-state index contributed by atoms with van der Waals surface area (Å²) in [6.07, 6.45) is 5.79. The molecular formula is C12H19ClN4S. The fourth-order valence-corrected chi connectivity index (χ4v) is 2.72. The highest BCUT2D eigenvalue weighted by atomic mass is 35.5. The van der Waals surface area contributed by atoms with Crippen molar-refractivity contribution in [2.45, 2.75) is 24.4 Å². The largest absolute Gasteiger partial charge is 0.370 e. The van der Waals surface area contributed by atoms with Gasteiger partial charge >= 0.3 is 0 Å². The van der Waals surface area contributed by atoms with Crippen molar-refractivity contribution in [1.29, 1.82) is 0 Å². The van der Waals surface area contributed by atoms with E-state index in [2.05, 4.69) is 20.2 Å². The number of nitrogens with zero attached hydrogens (tertiary/aromatic N) is 3. The van der Waals surface area contributed by atoms with Gasteiger partial charge in [-0.15, -0.1) is 0 Å². The van der Waals surface area contributed by atoms with E-state index in [0.29, 0.717) is 10.3 Å². The second-order valence-corrected chi connectivity index (χ2v) is 5.55. The number of hydrogen-bond acceptors (Lipinski definition) is 5. The molecule has 1 saturated heterocycles. The van der Waals surface area contributed by atoms with Crippen LogP contribution in [0.4, 0.5) is 5.82 Å². The van der Waals surface area contributed by atoms with Crippen LogP contribution in [-0.4, -0.2) is 47.3 Å². The van der Waals surface area contributed by atoms with Crippen LogP contribution in [0.5, 0.6) is 0 Å². The van der Waals surface area contributed by atoms with E-state index in [1.807, 2.05) is 6.26 Å². The van der Waals surface area contributed by atoms with Crippen molar-refractivity contribution in [3.8, 4) is 0 Å². The Hall–Kier alpha value is -0.520. The van der Waals surface area contributed by atoms with E-state index < -0.39 is 0 Å². The lowest BCUT2D eigenvalue weighted by Crippen LogP contribution is -2.22. The Kier molecular flexibility index (Phi) is 5.53. The van der Waals surface area contributed by atoms with Gasteiger partial charge in [-0.2, -0.15) is 0 Å². The van der Waals surface area contributed by atoms with Crippen molar-refractivity contribution >= 4 is 29.2 Å². The number of likely N-dealkylation sites (tertiary alicyclic amines) is 1. The Balaban J connectivity index is 1.73. The van der Waals surface area contributed by atoms with Gasteiger partial charge in [0.25, 0.3) is 0 Å². The Morgan fingerprint density at radius 3 is 2.89 bits per heavy atom. The van der Waals surface area contributed by atoms with Crippen LogP contribution in [0.15, 0.2) is 11.2 Å². The maximum Gasteiger partial charge on any atom is 0.190 e. The molecular weight excluding hydrogens is 268 g/mol. The van der Waals surface area contributed by atoms with Gasteiger partial charge in [-0.05, 0) is 45.2 Å². The van der Waals surface area contributed by atoms with Crippen molar-refractivity contribution in [2.75, 3.05) is 37.8 Å². The molecule has 0 saturated carbocycles. The number of rotatable bonds is 6. The minimum absolute atomic E-state index is 0.497. The fourth-order valence-electron chi connectivity index (χ4n) is 2.10. The smallest absolute Gasteiger partial charge is 0.190 e. The maximum atomic E-state index is 5.93. The molecule has 1 aromatic rings. The van der Waals surface area contributed by atoms with Gasteiger partial charge in [-0.1, -0.05) is 23.4 Å². The molecule has 0 bridgehead atoms. The van der Waals surface area contributed by atoms with E-state index in [9.17, 15) is 0 Å². The molecule has 0 aromatic carbocycles. The number of anilines is 1. The lowest BCUT2D eigenvalue weighted by atomic mass is 10.4. The summed E-state index contributed by atoms with van der Waals surface area (Å²) in [4.78, 5) is 11.0. The number of thioether (sulfide) groups is 1. The second-order valence-electron chi connectivity index (χ2n) is 4.39. The average Bonchev–Trinajstić information content (AvgIpc) is 2.87. The van der Waals surface area contributed by atoms with Crippen molar-refractivity contribution in [3.05, 3.63) is 11.2 Å². The van der Waals surface area contributed by atoms with E-state index in [1.165, 1.54) is 44.2 Å². The van der Waals surface area contributed by atoms with Gasteiger partial charge in [-0.25, -0.2) is 9.97 Å². The Morgan fingerprint density at radius 1 is 1.39 bits per heavy atom. The molecule has 0 aliphatic carbocycles. The van der Waals surface area contributed by atoms with Gasteiger partial charge in [0.2, 0.25) is 0 Å². The third kappa shape index (κ3) is 4.30. The quantitative estimate of drug-likeness (QED) is 0.377. The Labute approximate surface area is 118 Å². The molecule has 1 aliphatic rings. The molecule has 0 spiro atoms. The summed E-state index contributed by atoms with van der Waals surface area (Å²) >= 11 is 7.43. The van der Waals surface area contributed by atoms with Crippen LogP contribution in [0.1, 0.15) is 19.3 Å². The van der Waals surface area contributed by atoms with Crippen LogP contribution >= 0.6 is 23.4 Å². The minimum atomic E-state index is 0.497. The molecule has 0 radical (unpaired) electrons. The molecule has 1 aromatic heterocycles. The van der Waals surface area contributed by atoms with Crippen LogP contribution in [0.2, 0.25) is 5.15 Å². The zero-order valence-electron chi connectivity index (χ0n) is 10.7. The molecule has 6 heteroatoms. The second kappa shape index (κ2) is 7.16. The molecule has 1 fully saturated rings. The van der Waals surface area contributed by atoms with Crippen molar-refractivity contribution in [2.24, 2.45) is 0 Å². The molecule has 0 atom stereocenters. The summed E-state index contributed by atoms with van der Waals surface area (Å²) in [5.41, 5.74) is 0. The number of hydrogen-bond donors (Lipinski definition) is 1. The first-order valence-electron chi connectivity index (χ1n) is 6.33. The van der Waals surface area contributed by atoms with Crippen LogP contribution in [0, 0.1) is 0 Å². The lowest BCUT2D eigenvalue weighted by Gasteiger charge is -2.14. The van der Waals surface area contributed by atoms with Gasteiger partial charge < -0.3 is 10.2 Å². The topological polar surface area (TPSA) is 41.1 Å². The third-order valence-corrected chi connectivity index (χ3v) is 3.75. The third-order valence-electron chi connectivity index (χ3n) is 3.01. The van der Waals surface area contributed by atoms with Gasteiger partial charge in [0.05, 0.1) is 0 Å². The highest BCUT2D eigenvalue weighted by Gasteiger charge is 2.10. The van der Waals surface area contributed by atoms with Crippen LogP contribution in [0.3, 0.4) is 0 Å². The zero-order valence-corrected chi connectivity index (χ0v) is 12.2. The Bertz CT molecular complexity index is 382. The van der Waals surface area contributed by atoms with Gasteiger partial charge in [-0.3, -0.25) is 0 Å². The van der Waals surface area contributed by atoms with E-state index >= 15 is 0 Å². The molecule has 100 valence electrons. The van der Waals surface area contributed by atoms with Crippen molar-refractivity contribution in [1.82, 2.24) is 14.9 Å². The lowest BCUT2D eigenvalue weighted by molar-refractivity contribution is 0.337. The number of halogens is 1. The summed E-state index contributed by atoms with van der Waals surface area (Å²) < 4.78 is 0. The fraction of sp³-hybridized carbons (Fsp3) is 0.667. The molecule has 2 rings (SSSR count). The van der Waals surface area contributed by atoms with Gasteiger partial charge in [0.15, 0.2) is 5.16 Å². The average molecular weight is 287 g/mol. The molecule has 18 heavy (non-hydrogen) atoms. The van der Waals surface area contributed by atoms with Crippen LogP contribution < -0.4 is 5.32 Å². The SMILES string of the molecule is CSc1nc(Cl)cc(NCCCN2CCCC2)n1. The zero-order chi connectivity index (χ0) is 12.8. The predicted molar refractivity (Wildman–Crippen MR) is 77.6 cm³/mol.